The van der Waals surface area contributed by atoms with Crippen LogP contribution >= 0.6 is 15.9 Å². The monoisotopic (exact) mass is 307 g/mol. The molecule has 1 heterocycles. The number of carbonyl (C=O) groups is 1. The minimum absolute atomic E-state index is 0.150. The van der Waals surface area contributed by atoms with Crippen LogP contribution in [0.25, 0.3) is 0 Å². The molecule has 18 heavy (non-hydrogen) atoms. The van der Waals surface area contributed by atoms with Crippen molar-refractivity contribution in [2.24, 2.45) is 11.8 Å². The van der Waals surface area contributed by atoms with Gasteiger partial charge in [0.2, 0.25) is 0 Å². The second-order valence-electron chi connectivity index (χ2n) is 5.67. The molecule has 0 spiro atoms. The summed E-state index contributed by atoms with van der Waals surface area (Å²) in [4.78, 5) is 12.5. The summed E-state index contributed by atoms with van der Waals surface area (Å²) in [5.41, 5.74) is 2.14. The molecule has 1 aromatic carbocycles. The molecule has 0 saturated carbocycles. The van der Waals surface area contributed by atoms with Crippen LogP contribution in [0, 0.1) is 11.8 Å². The van der Waals surface area contributed by atoms with Gasteiger partial charge in [0.1, 0.15) is 0 Å². The molecule has 1 saturated heterocycles. The van der Waals surface area contributed by atoms with Crippen LogP contribution in [0.1, 0.15) is 35.7 Å². The maximum atomic E-state index is 12.5. The smallest absolute Gasteiger partial charge is 0.168 e. The van der Waals surface area contributed by atoms with Crippen molar-refractivity contribution >= 4 is 21.7 Å². The Bertz CT molecular complexity index is 485. The standard InChI is InChI=1S/C15H18BrNO/c1-9-4-5-17-14(6-9)13-8-10-7-11(16)2-3-12(10)15(13)18/h2-3,7,9,13-14,17H,4-6,8H2,1H3. The van der Waals surface area contributed by atoms with Gasteiger partial charge in [-0.05, 0) is 49.4 Å². The van der Waals surface area contributed by atoms with Crippen LogP contribution in [0.4, 0.5) is 0 Å². The number of piperidine rings is 1. The zero-order chi connectivity index (χ0) is 12.7. The molecule has 1 aliphatic heterocycles. The van der Waals surface area contributed by atoms with Gasteiger partial charge in [-0.25, -0.2) is 0 Å². The van der Waals surface area contributed by atoms with Crippen molar-refractivity contribution in [2.45, 2.75) is 32.2 Å². The molecule has 96 valence electrons. The van der Waals surface area contributed by atoms with Crippen molar-refractivity contribution in [1.82, 2.24) is 5.32 Å². The lowest BCUT2D eigenvalue weighted by Crippen LogP contribution is -2.44. The Kier molecular flexibility index (Phi) is 3.29. The van der Waals surface area contributed by atoms with Gasteiger partial charge in [0.05, 0.1) is 0 Å². The van der Waals surface area contributed by atoms with E-state index in [2.05, 4.69) is 34.2 Å². The van der Waals surface area contributed by atoms with E-state index in [9.17, 15) is 4.79 Å². The van der Waals surface area contributed by atoms with Gasteiger partial charge in [-0.3, -0.25) is 4.79 Å². The second kappa shape index (κ2) is 4.78. The summed E-state index contributed by atoms with van der Waals surface area (Å²) in [6.07, 6.45) is 3.26. The first-order chi connectivity index (χ1) is 8.65. The van der Waals surface area contributed by atoms with E-state index in [1.54, 1.807) is 0 Å². The van der Waals surface area contributed by atoms with Crippen molar-refractivity contribution in [2.75, 3.05) is 6.54 Å². The number of ketones is 1. The van der Waals surface area contributed by atoms with E-state index < -0.39 is 0 Å². The van der Waals surface area contributed by atoms with Crippen LogP contribution in [-0.2, 0) is 6.42 Å². The first-order valence-electron chi connectivity index (χ1n) is 6.71. The zero-order valence-corrected chi connectivity index (χ0v) is 12.2. The van der Waals surface area contributed by atoms with E-state index in [0.29, 0.717) is 11.8 Å². The normalized spacial score (nSPS) is 31.4. The Morgan fingerprint density at radius 2 is 2.22 bits per heavy atom. The number of Topliss-reactive ketones (excluding diaryl/α,β-unsaturated/α-hetero) is 1. The molecule has 0 amide bonds. The zero-order valence-electron chi connectivity index (χ0n) is 10.6. The maximum Gasteiger partial charge on any atom is 0.168 e. The molecule has 1 aliphatic carbocycles. The third-order valence-corrected chi connectivity index (χ3v) is 4.79. The predicted octanol–water partition coefficient (Wildman–Crippen LogP) is 3.19. The highest BCUT2D eigenvalue weighted by molar-refractivity contribution is 9.10. The lowest BCUT2D eigenvalue weighted by molar-refractivity contribution is 0.0888. The summed E-state index contributed by atoms with van der Waals surface area (Å²) in [6, 6.07) is 6.40. The summed E-state index contributed by atoms with van der Waals surface area (Å²) in [6.45, 7) is 3.34. The Hall–Kier alpha value is -0.670. The molecule has 1 N–H and O–H groups in total. The Morgan fingerprint density at radius 3 is 3.00 bits per heavy atom. The van der Waals surface area contributed by atoms with Crippen molar-refractivity contribution in [3.63, 3.8) is 0 Å². The van der Waals surface area contributed by atoms with E-state index in [0.717, 1.165) is 35.3 Å². The molecule has 3 rings (SSSR count). The van der Waals surface area contributed by atoms with Crippen molar-refractivity contribution < 1.29 is 4.79 Å². The molecular weight excluding hydrogens is 290 g/mol. The number of benzene rings is 1. The molecule has 3 atom stereocenters. The highest BCUT2D eigenvalue weighted by Gasteiger charge is 2.37. The Labute approximate surface area is 116 Å². The molecule has 0 radical (unpaired) electrons. The third kappa shape index (κ3) is 2.14. The number of rotatable bonds is 1. The predicted molar refractivity (Wildman–Crippen MR) is 75.9 cm³/mol. The maximum absolute atomic E-state index is 12.5. The molecule has 0 bridgehead atoms. The van der Waals surface area contributed by atoms with Gasteiger partial charge in [-0.1, -0.05) is 28.9 Å². The fourth-order valence-corrected chi connectivity index (χ4v) is 3.69. The summed E-state index contributed by atoms with van der Waals surface area (Å²) in [5, 5.41) is 3.54. The molecule has 3 heteroatoms. The topological polar surface area (TPSA) is 29.1 Å². The van der Waals surface area contributed by atoms with Crippen LogP contribution in [0.5, 0.6) is 0 Å². The van der Waals surface area contributed by atoms with Crippen LogP contribution in [-0.4, -0.2) is 18.4 Å². The summed E-state index contributed by atoms with van der Waals surface area (Å²) >= 11 is 3.48. The molecule has 0 aromatic heterocycles. The molecule has 2 nitrogen and oxygen atoms in total. The van der Waals surface area contributed by atoms with Gasteiger partial charge in [-0.15, -0.1) is 0 Å². The second-order valence-corrected chi connectivity index (χ2v) is 6.58. The van der Waals surface area contributed by atoms with E-state index in [4.69, 9.17) is 0 Å². The largest absolute Gasteiger partial charge is 0.313 e. The summed E-state index contributed by atoms with van der Waals surface area (Å²) in [5.74, 6) is 1.22. The van der Waals surface area contributed by atoms with Crippen molar-refractivity contribution in [3.05, 3.63) is 33.8 Å². The SMILES string of the molecule is CC1CCNC(C2Cc3cc(Br)ccc3C2=O)C1. The molecule has 3 unspecified atom stereocenters. The van der Waals surface area contributed by atoms with Crippen LogP contribution in [0.3, 0.4) is 0 Å². The Morgan fingerprint density at radius 1 is 1.39 bits per heavy atom. The van der Waals surface area contributed by atoms with E-state index in [1.165, 1.54) is 12.0 Å². The van der Waals surface area contributed by atoms with Gasteiger partial charge in [0.15, 0.2) is 5.78 Å². The lowest BCUT2D eigenvalue weighted by Gasteiger charge is -2.31. The van der Waals surface area contributed by atoms with Gasteiger partial charge in [-0.2, -0.15) is 0 Å². The van der Waals surface area contributed by atoms with Crippen molar-refractivity contribution in [3.8, 4) is 0 Å². The number of fused-ring (bicyclic) bond motifs is 1. The van der Waals surface area contributed by atoms with E-state index >= 15 is 0 Å². The number of carbonyl (C=O) groups excluding carboxylic acids is 1. The number of nitrogens with one attached hydrogen (secondary N) is 1. The van der Waals surface area contributed by atoms with Gasteiger partial charge >= 0.3 is 0 Å². The third-order valence-electron chi connectivity index (χ3n) is 4.30. The quantitative estimate of drug-likeness (QED) is 0.863. The van der Waals surface area contributed by atoms with Crippen LogP contribution < -0.4 is 5.32 Å². The van der Waals surface area contributed by atoms with E-state index in [-0.39, 0.29) is 5.92 Å². The molecule has 2 aliphatic rings. The molecule has 1 aromatic rings. The van der Waals surface area contributed by atoms with E-state index in [1.807, 2.05) is 12.1 Å². The fourth-order valence-electron chi connectivity index (χ4n) is 3.28. The van der Waals surface area contributed by atoms with Gasteiger partial charge in [0.25, 0.3) is 0 Å². The van der Waals surface area contributed by atoms with Crippen LogP contribution in [0.15, 0.2) is 22.7 Å². The fraction of sp³-hybridized carbons (Fsp3) is 0.533. The Balaban J connectivity index is 1.83. The summed E-state index contributed by atoms with van der Waals surface area (Å²) < 4.78 is 1.07. The molecular formula is C15H18BrNO. The average molecular weight is 308 g/mol. The number of hydrogen-bond donors (Lipinski definition) is 1. The van der Waals surface area contributed by atoms with Gasteiger partial charge < -0.3 is 5.32 Å². The minimum Gasteiger partial charge on any atom is -0.313 e. The lowest BCUT2D eigenvalue weighted by atomic mass is 9.84. The summed E-state index contributed by atoms with van der Waals surface area (Å²) in [7, 11) is 0. The highest BCUT2D eigenvalue weighted by Crippen LogP contribution is 2.34. The minimum atomic E-state index is 0.150. The van der Waals surface area contributed by atoms with Gasteiger partial charge in [0, 0.05) is 22.0 Å². The number of hydrogen-bond acceptors (Lipinski definition) is 2. The average Bonchev–Trinajstić information content (AvgIpc) is 2.66. The highest BCUT2D eigenvalue weighted by atomic mass is 79.9. The first kappa shape index (κ1) is 12.4. The van der Waals surface area contributed by atoms with Crippen molar-refractivity contribution in [1.29, 1.82) is 0 Å². The van der Waals surface area contributed by atoms with Crippen LogP contribution in [0.2, 0.25) is 0 Å². The first-order valence-corrected chi connectivity index (χ1v) is 7.50. The number of halogens is 1. The molecule has 1 fully saturated rings.